The second-order valence-corrected chi connectivity index (χ2v) is 10.9. The first-order valence-corrected chi connectivity index (χ1v) is 15.0. The van der Waals surface area contributed by atoms with E-state index in [1.165, 1.54) is 0 Å². The molecule has 228 valence electrons. The number of urea groups is 1. The van der Waals surface area contributed by atoms with E-state index in [9.17, 15) is 9.59 Å². The Morgan fingerprint density at radius 1 is 0.814 bits per heavy atom. The number of carbonyl (C=O) groups is 2. The Morgan fingerprint density at radius 3 is 2.23 bits per heavy atom. The Hall–Kier alpha value is -4.28. The molecule has 3 aromatic rings. The van der Waals surface area contributed by atoms with Crippen LogP contribution in [0.2, 0.25) is 0 Å². The summed E-state index contributed by atoms with van der Waals surface area (Å²) in [7, 11) is 1.69. The number of ether oxygens (including phenoxy) is 2. The predicted octanol–water partition coefficient (Wildman–Crippen LogP) is 4.43. The van der Waals surface area contributed by atoms with Gasteiger partial charge in [0.2, 0.25) is 0 Å². The van der Waals surface area contributed by atoms with Gasteiger partial charge in [-0.05, 0) is 67.9 Å². The average Bonchev–Trinajstić information content (AvgIpc) is 3.03. The van der Waals surface area contributed by atoms with Crippen molar-refractivity contribution in [3.05, 3.63) is 77.9 Å². The highest BCUT2D eigenvalue weighted by Gasteiger charge is 2.24. The first-order valence-electron chi connectivity index (χ1n) is 15.0. The first kappa shape index (κ1) is 30.2. The Morgan fingerprint density at radius 2 is 1.51 bits per heavy atom. The van der Waals surface area contributed by atoms with Gasteiger partial charge in [0.15, 0.2) is 0 Å². The van der Waals surface area contributed by atoms with Gasteiger partial charge in [0.05, 0.1) is 31.6 Å². The number of rotatable bonds is 10. The smallest absolute Gasteiger partial charge is 0.323 e. The van der Waals surface area contributed by atoms with E-state index in [-0.39, 0.29) is 11.9 Å². The van der Waals surface area contributed by atoms with E-state index in [2.05, 4.69) is 36.7 Å². The highest BCUT2D eigenvalue weighted by atomic mass is 16.5. The number of morpholine rings is 1. The SMILES string of the molecule is COc1ccccc1N1CCN(c2ccc(NC(=O)Nc3cccc(C)c3)cc2C(=O)NCCCN2CCOCC2)CC1. The zero-order valence-corrected chi connectivity index (χ0v) is 25.1. The van der Waals surface area contributed by atoms with Gasteiger partial charge in [0.25, 0.3) is 5.91 Å². The number of methoxy groups -OCH3 is 1. The third-order valence-electron chi connectivity index (χ3n) is 7.86. The summed E-state index contributed by atoms with van der Waals surface area (Å²) in [6, 6.07) is 20.9. The molecule has 2 fully saturated rings. The lowest BCUT2D eigenvalue weighted by Gasteiger charge is -2.38. The number of piperazine rings is 1. The van der Waals surface area contributed by atoms with E-state index in [4.69, 9.17) is 9.47 Å². The molecule has 2 aliphatic rings. The fraction of sp³-hybridized carbons (Fsp3) is 0.394. The van der Waals surface area contributed by atoms with E-state index >= 15 is 0 Å². The van der Waals surface area contributed by atoms with Crippen LogP contribution < -0.4 is 30.5 Å². The predicted molar refractivity (Wildman–Crippen MR) is 172 cm³/mol. The fourth-order valence-corrected chi connectivity index (χ4v) is 5.59. The molecule has 0 aliphatic carbocycles. The minimum absolute atomic E-state index is 0.146. The molecule has 0 unspecified atom stereocenters. The first-order chi connectivity index (χ1) is 21.0. The molecule has 10 nitrogen and oxygen atoms in total. The summed E-state index contributed by atoms with van der Waals surface area (Å²) < 4.78 is 11.0. The van der Waals surface area contributed by atoms with Crippen molar-refractivity contribution in [2.24, 2.45) is 0 Å². The lowest BCUT2D eigenvalue weighted by molar-refractivity contribution is 0.0374. The van der Waals surface area contributed by atoms with Crippen molar-refractivity contribution in [2.45, 2.75) is 13.3 Å². The molecule has 0 aromatic heterocycles. The monoisotopic (exact) mass is 586 g/mol. The van der Waals surface area contributed by atoms with Crippen LogP contribution in [-0.2, 0) is 4.74 Å². The summed E-state index contributed by atoms with van der Waals surface area (Å²) in [6.45, 7) is 9.92. The Bertz CT molecular complexity index is 1390. The van der Waals surface area contributed by atoms with E-state index in [0.717, 1.165) is 88.1 Å². The molecule has 3 amide bonds. The van der Waals surface area contributed by atoms with Crippen molar-refractivity contribution >= 4 is 34.7 Å². The molecule has 43 heavy (non-hydrogen) atoms. The maximum absolute atomic E-state index is 13.6. The minimum atomic E-state index is -0.361. The topological polar surface area (TPSA) is 98.4 Å². The lowest BCUT2D eigenvalue weighted by atomic mass is 10.1. The third-order valence-corrected chi connectivity index (χ3v) is 7.86. The molecule has 0 atom stereocenters. The molecule has 5 rings (SSSR count). The number of nitrogens with one attached hydrogen (secondary N) is 3. The molecule has 0 saturated carbocycles. The molecule has 10 heteroatoms. The molecule has 2 aliphatic heterocycles. The van der Waals surface area contributed by atoms with E-state index in [1.54, 1.807) is 13.2 Å². The number of hydrogen-bond donors (Lipinski definition) is 3. The van der Waals surface area contributed by atoms with Crippen LogP contribution in [-0.4, -0.2) is 89.5 Å². The number of para-hydroxylation sites is 2. The normalized spacial score (nSPS) is 15.6. The highest BCUT2D eigenvalue weighted by Crippen LogP contribution is 2.31. The van der Waals surface area contributed by atoms with Crippen molar-refractivity contribution in [3.8, 4) is 5.75 Å². The van der Waals surface area contributed by atoms with Crippen LogP contribution in [0.1, 0.15) is 22.3 Å². The summed E-state index contributed by atoms with van der Waals surface area (Å²) in [5.41, 5.74) is 4.79. The summed E-state index contributed by atoms with van der Waals surface area (Å²) >= 11 is 0. The molecule has 0 radical (unpaired) electrons. The molecule has 3 N–H and O–H groups in total. The summed E-state index contributed by atoms with van der Waals surface area (Å²) in [5.74, 6) is 0.708. The van der Waals surface area contributed by atoms with E-state index < -0.39 is 0 Å². The Kier molecular flexibility index (Phi) is 10.4. The van der Waals surface area contributed by atoms with Gasteiger partial charge < -0.3 is 35.2 Å². The molecule has 3 aromatic carbocycles. The standard InChI is InChI=1S/C33H42N6O4/c1-25-7-5-8-26(23-25)35-33(41)36-27-11-12-29(28(24-27)32(40)34-13-6-14-37-19-21-43-22-20-37)38-15-17-39(18-16-38)30-9-3-4-10-31(30)42-2/h3-5,7-12,23-24H,6,13-22H2,1-2H3,(H,34,40)(H2,35,36,41). The second kappa shape index (κ2) is 14.8. The number of aryl methyl sites for hydroxylation is 1. The molecule has 0 bridgehead atoms. The van der Waals surface area contributed by atoms with E-state index in [0.29, 0.717) is 23.5 Å². The number of carbonyl (C=O) groups excluding carboxylic acids is 2. The molecule has 2 saturated heterocycles. The van der Waals surface area contributed by atoms with Crippen molar-refractivity contribution < 1.29 is 19.1 Å². The third kappa shape index (κ3) is 8.18. The van der Waals surface area contributed by atoms with Gasteiger partial charge in [0.1, 0.15) is 5.75 Å². The average molecular weight is 587 g/mol. The maximum atomic E-state index is 13.6. The van der Waals surface area contributed by atoms with Gasteiger partial charge in [-0.1, -0.05) is 24.3 Å². The summed E-state index contributed by atoms with van der Waals surface area (Å²) in [5, 5.41) is 8.88. The quantitative estimate of drug-likeness (QED) is 0.303. The van der Waals surface area contributed by atoms with Crippen LogP contribution in [0.15, 0.2) is 66.7 Å². The van der Waals surface area contributed by atoms with Crippen LogP contribution in [0.25, 0.3) is 0 Å². The number of hydrogen-bond acceptors (Lipinski definition) is 7. The number of benzene rings is 3. The van der Waals surface area contributed by atoms with Gasteiger partial charge in [-0.2, -0.15) is 0 Å². The van der Waals surface area contributed by atoms with Crippen molar-refractivity contribution in [1.29, 1.82) is 0 Å². The van der Waals surface area contributed by atoms with Crippen LogP contribution in [0, 0.1) is 6.92 Å². The Labute approximate surface area is 253 Å². The summed E-state index contributed by atoms with van der Waals surface area (Å²) in [4.78, 5) is 33.3. The van der Waals surface area contributed by atoms with Crippen molar-refractivity contribution in [1.82, 2.24) is 10.2 Å². The van der Waals surface area contributed by atoms with Gasteiger partial charge >= 0.3 is 6.03 Å². The fourth-order valence-electron chi connectivity index (χ4n) is 5.59. The van der Waals surface area contributed by atoms with Crippen LogP contribution in [0.5, 0.6) is 5.75 Å². The maximum Gasteiger partial charge on any atom is 0.323 e. The largest absolute Gasteiger partial charge is 0.495 e. The van der Waals surface area contributed by atoms with Crippen LogP contribution >= 0.6 is 0 Å². The van der Waals surface area contributed by atoms with Gasteiger partial charge in [-0.15, -0.1) is 0 Å². The zero-order chi connectivity index (χ0) is 30.0. The van der Waals surface area contributed by atoms with Crippen molar-refractivity contribution in [3.63, 3.8) is 0 Å². The number of amides is 3. The Balaban J connectivity index is 1.27. The lowest BCUT2D eigenvalue weighted by Crippen LogP contribution is -2.47. The number of anilines is 4. The molecular formula is C33H42N6O4. The molecule has 2 heterocycles. The minimum Gasteiger partial charge on any atom is -0.495 e. The number of nitrogens with zero attached hydrogens (tertiary/aromatic N) is 3. The summed E-state index contributed by atoms with van der Waals surface area (Å²) in [6.07, 6.45) is 0.857. The highest BCUT2D eigenvalue weighted by molar-refractivity contribution is 6.04. The van der Waals surface area contributed by atoms with Crippen molar-refractivity contribution in [2.75, 3.05) is 93.1 Å². The van der Waals surface area contributed by atoms with Crippen LogP contribution in [0.4, 0.5) is 27.5 Å². The van der Waals surface area contributed by atoms with Gasteiger partial charge in [-0.25, -0.2) is 4.79 Å². The van der Waals surface area contributed by atoms with E-state index in [1.807, 2.05) is 61.5 Å². The van der Waals surface area contributed by atoms with Gasteiger partial charge in [-0.3, -0.25) is 9.69 Å². The van der Waals surface area contributed by atoms with Crippen LogP contribution in [0.3, 0.4) is 0 Å². The second-order valence-electron chi connectivity index (χ2n) is 10.9. The molecular weight excluding hydrogens is 544 g/mol. The molecule has 0 spiro atoms. The zero-order valence-electron chi connectivity index (χ0n) is 25.1. The van der Waals surface area contributed by atoms with Gasteiger partial charge in [0, 0.05) is 62.9 Å².